The smallest absolute Gasteiger partial charge is 0.308 e. The second kappa shape index (κ2) is 5.58. The molecule has 90 valence electrons. The summed E-state index contributed by atoms with van der Waals surface area (Å²) in [6.07, 6.45) is 8.63. The molecular weight excluding hydrogens is 208 g/mol. The minimum atomic E-state index is -0.146. The molecule has 0 radical (unpaired) electrons. The van der Waals surface area contributed by atoms with Crippen molar-refractivity contribution < 1.29 is 19.0 Å². The van der Waals surface area contributed by atoms with Gasteiger partial charge in [0.15, 0.2) is 0 Å². The molecule has 0 aromatic carbocycles. The van der Waals surface area contributed by atoms with Crippen molar-refractivity contribution in [1.29, 1.82) is 0 Å². The Morgan fingerprint density at radius 1 is 1.12 bits per heavy atom. The van der Waals surface area contributed by atoms with E-state index in [0.717, 1.165) is 12.8 Å². The number of hydrogen-bond acceptors (Lipinski definition) is 4. The van der Waals surface area contributed by atoms with Gasteiger partial charge in [-0.15, -0.1) is 0 Å². The van der Waals surface area contributed by atoms with Gasteiger partial charge < -0.3 is 14.2 Å². The molecule has 0 saturated heterocycles. The lowest BCUT2D eigenvalue weighted by atomic mass is 9.62. The molecule has 4 heteroatoms. The summed E-state index contributed by atoms with van der Waals surface area (Å²) in [5, 5.41) is 0. The molecule has 1 rings (SSSR count). The highest BCUT2D eigenvalue weighted by Crippen LogP contribution is 2.48. The predicted octanol–water partition coefficient (Wildman–Crippen LogP) is 1.88. The molecule has 0 atom stereocenters. The Hall–Kier alpha value is -1.45. The maximum atomic E-state index is 11.3. The number of carbonyl (C=O) groups excluding carboxylic acids is 1. The van der Waals surface area contributed by atoms with Crippen molar-refractivity contribution in [3.63, 3.8) is 0 Å². The van der Waals surface area contributed by atoms with E-state index in [1.54, 1.807) is 26.7 Å². The van der Waals surface area contributed by atoms with Crippen molar-refractivity contribution in [3.05, 3.63) is 24.7 Å². The summed E-state index contributed by atoms with van der Waals surface area (Å²) in [6, 6.07) is 0. The van der Waals surface area contributed by atoms with Crippen LogP contribution in [-0.4, -0.2) is 27.3 Å². The van der Waals surface area contributed by atoms with Crippen LogP contribution in [0.4, 0.5) is 0 Å². The van der Waals surface area contributed by atoms with Crippen LogP contribution in [-0.2, 0) is 19.0 Å². The molecule has 0 bridgehead atoms. The first kappa shape index (κ1) is 12.6. The number of hydrogen-bond donors (Lipinski definition) is 0. The Labute approximate surface area is 95.9 Å². The lowest BCUT2D eigenvalue weighted by Crippen LogP contribution is -2.39. The largest absolute Gasteiger partial charge is 0.505 e. The van der Waals surface area contributed by atoms with Gasteiger partial charge in [-0.25, -0.2) is 0 Å². The van der Waals surface area contributed by atoms with Crippen molar-refractivity contribution in [2.75, 3.05) is 21.3 Å². The fourth-order valence-electron chi connectivity index (χ4n) is 1.93. The monoisotopic (exact) mass is 226 g/mol. The van der Waals surface area contributed by atoms with Crippen LogP contribution >= 0.6 is 0 Å². The molecule has 1 fully saturated rings. The maximum absolute atomic E-state index is 11.3. The van der Waals surface area contributed by atoms with Crippen molar-refractivity contribution in [2.45, 2.75) is 12.8 Å². The molecule has 1 aliphatic rings. The fourth-order valence-corrected chi connectivity index (χ4v) is 1.93. The first-order valence-electron chi connectivity index (χ1n) is 5.16. The highest BCUT2D eigenvalue weighted by molar-refractivity contribution is 5.74. The third kappa shape index (κ3) is 2.78. The Bertz CT molecular complexity index is 271. The number of allylic oxidation sites excluding steroid dienone is 2. The van der Waals surface area contributed by atoms with Gasteiger partial charge in [-0.3, -0.25) is 4.79 Å². The number of ether oxygens (including phenoxy) is 3. The number of rotatable bonds is 5. The van der Waals surface area contributed by atoms with Gasteiger partial charge in [-0.05, 0) is 25.0 Å². The van der Waals surface area contributed by atoms with Crippen molar-refractivity contribution in [1.82, 2.24) is 0 Å². The van der Waals surface area contributed by atoms with E-state index in [1.807, 2.05) is 12.2 Å². The van der Waals surface area contributed by atoms with E-state index in [-0.39, 0.29) is 17.3 Å². The second-order valence-electron chi connectivity index (χ2n) is 3.94. The minimum Gasteiger partial charge on any atom is -0.505 e. The van der Waals surface area contributed by atoms with E-state index >= 15 is 0 Å². The number of carbonyl (C=O) groups is 1. The van der Waals surface area contributed by atoms with E-state index in [4.69, 9.17) is 14.2 Å². The van der Waals surface area contributed by atoms with Gasteiger partial charge in [0, 0.05) is 5.41 Å². The second-order valence-corrected chi connectivity index (χ2v) is 3.94. The van der Waals surface area contributed by atoms with Gasteiger partial charge >= 0.3 is 5.97 Å². The molecule has 16 heavy (non-hydrogen) atoms. The summed E-state index contributed by atoms with van der Waals surface area (Å²) < 4.78 is 14.5. The zero-order valence-electron chi connectivity index (χ0n) is 9.93. The molecule has 1 aliphatic carbocycles. The summed E-state index contributed by atoms with van der Waals surface area (Å²) in [6.45, 7) is 0. The van der Waals surface area contributed by atoms with Crippen LogP contribution in [0.1, 0.15) is 12.8 Å². The van der Waals surface area contributed by atoms with E-state index in [0.29, 0.717) is 0 Å². The molecule has 0 amide bonds. The molecule has 0 N–H and O–H groups in total. The van der Waals surface area contributed by atoms with Gasteiger partial charge in [-0.2, -0.15) is 0 Å². The van der Waals surface area contributed by atoms with Crippen LogP contribution in [0.15, 0.2) is 24.7 Å². The predicted molar refractivity (Wildman–Crippen MR) is 59.5 cm³/mol. The van der Waals surface area contributed by atoms with Crippen molar-refractivity contribution >= 4 is 5.97 Å². The molecule has 1 saturated carbocycles. The van der Waals surface area contributed by atoms with E-state index < -0.39 is 0 Å². The van der Waals surface area contributed by atoms with Crippen LogP contribution in [0.25, 0.3) is 0 Å². The number of esters is 1. The standard InChI is InChI=1S/C12H18O4/c1-14-6-4-12(5-7-15-2)8-10(9-12)11(13)16-3/h4-7,10H,8-9H2,1-3H3. The van der Waals surface area contributed by atoms with Crippen molar-refractivity contribution in [2.24, 2.45) is 11.3 Å². The molecular formula is C12H18O4. The summed E-state index contributed by atoms with van der Waals surface area (Å²) in [5.41, 5.74) is -0.134. The Morgan fingerprint density at radius 3 is 2.00 bits per heavy atom. The first-order valence-corrected chi connectivity index (χ1v) is 5.16. The highest BCUT2D eigenvalue weighted by Gasteiger charge is 2.44. The van der Waals surface area contributed by atoms with E-state index in [9.17, 15) is 4.79 Å². The molecule has 4 nitrogen and oxygen atoms in total. The Morgan fingerprint density at radius 2 is 1.62 bits per heavy atom. The highest BCUT2D eigenvalue weighted by atomic mass is 16.5. The molecule has 0 heterocycles. The van der Waals surface area contributed by atoms with Crippen LogP contribution in [0.2, 0.25) is 0 Å². The van der Waals surface area contributed by atoms with E-state index in [2.05, 4.69) is 0 Å². The average Bonchev–Trinajstić information content (AvgIpc) is 2.26. The van der Waals surface area contributed by atoms with Crippen LogP contribution in [0, 0.1) is 11.3 Å². The van der Waals surface area contributed by atoms with Gasteiger partial charge in [0.05, 0.1) is 39.8 Å². The fraction of sp³-hybridized carbons (Fsp3) is 0.583. The Kier molecular flexibility index (Phi) is 4.40. The average molecular weight is 226 g/mol. The topological polar surface area (TPSA) is 44.8 Å². The number of methoxy groups -OCH3 is 3. The Balaban J connectivity index is 2.61. The molecule has 0 aromatic heterocycles. The lowest BCUT2D eigenvalue weighted by molar-refractivity contribution is -0.151. The summed E-state index contributed by atoms with van der Waals surface area (Å²) >= 11 is 0. The zero-order chi connectivity index (χ0) is 12.0. The van der Waals surface area contributed by atoms with Crippen LogP contribution in [0.5, 0.6) is 0 Å². The van der Waals surface area contributed by atoms with E-state index in [1.165, 1.54) is 7.11 Å². The van der Waals surface area contributed by atoms with Gasteiger partial charge in [-0.1, -0.05) is 0 Å². The van der Waals surface area contributed by atoms with Gasteiger partial charge in [0.2, 0.25) is 0 Å². The third-order valence-electron chi connectivity index (χ3n) is 2.86. The molecule has 0 aromatic rings. The summed E-state index contributed by atoms with van der Waals surface area (Å²) in [5.74, 6) is -0.166. The minimum absolute atomic E-state index is 0.0204. The first-order chi connectivity index (χ1) is 7.67. The molecule has 0 spiro atoms. The zero-order valence-corrected chi connectivity index (χ0v) is 9.93. The third-order valence-corrected chi connectivity index (χ3v) is 2.86. The van der Waals surface area contributed by atoms with Crippen LogP contribution < -0.4 is 0 Å². The normalized spacial score (nSPS) is 29.1. The van der Waals surface area contributed by atoms with Gasteiger partial charge in [0.1, 0.15) is 0 Å². The quantitative estimate of drug-likeness (QED) is 0.530. The van der Waals surface area contributed by atoms with Gasteiger partial charge in [0.25, 0.3) is 0 Å². The SMILES string of the molecule is COC=CC1(C=COC)CC(C(=O)OC)C1. The molecule has 0 unspecified atom stereocenters. The lowest BCUT2D eigenvalue weighted by Gasteiger charge is -2.41. The summed E-state index contributed by atoms with van der Waals surface area (Å²) in [4.78, 5) is 11.3. The van der Waals surface area contributed by atoms with Crippen LogP contribution in [0.3, 0.4) is 0 Å². The summed E-state index contributed by atoms with van der Waals surface area (Å²) in [7, 11) is 4.61. The molecule has 0 aliphatic heterocycles. The van der Waals surface area contributed by atoms with Crippen molar-refractivity contribution in [3.8, 4) is 0 Å². The maximum Gasteiger partial charge on any atom is 0.308 e.